The second-order valence-electron chi connectivity index (χ2n) is 6.34. The van der Waals surface area contributed by atoms with Gasteiger partial charge in [0.15, 0.2) is 0 Å². The zero-order valence-corrected chi connectivity index (χ0v) is 15.7. The van der Waals surface area contributed by atoms with Crippen LogP contribution in [0.15, 0.2) is 36.5 Å². The zero-order chi connectivity index (χ0) is 18.5. The van der Waals surface area contributed by atoms with Crippen molar-refractivity contribution in [1.82, 2.24) is 15.2 Å². The van der Waals surface area contributed by atoms with Crippen LogP contribution in [0, 0.1) is 5.82 Å². The Kier molecular flexibility index (Phi) is 6.46. The topological polar surface area (TPSA) is 45.2 Å². The molecule has 1 N–H and O–H groups in total. The quantitative estimate of drug-likeness (QED) is 0.784. The largest absolute Gasteiger partial charge is 0.330 e. The van der Waals surface area contributed by atoms with E-state index in [2.05, 4.69) is 10.3 Å². The number of benzene rings is 1. The van der Waals surface area contributed by atoms with E-state index in [0.29, 0.717) is 6.54 Å². The van der Waals surface area contributed by atoms with Crippen LogP contribution in [0.1, 0.15) is 35.3 Å². The Labute approximate surface area is 162 Å². The molecule has 0 radical (unpaired) electrons. The molecule has 7 heteroatoms. The molecule has 1 saturated heterocycles. The molecule has 0 saturated carbocycles. The molecule has 2 heterocycles. The van der Waals surface area contributed by atoms with Crippen LogP contribution in [0.4, 0.5) is 4.39 Å². The van der Waals surface area contributed by atoms with Gasteiger partial charge in [-0.05, 0) is 56.6 Å². The maximum absolute atomic E-state index is 13.9. The molecule has 4 nitrogen and oxygen atoms in total. The standard InChI is InChI=1S/C19H20Cl2FN3O/c20-16-11-17(21)18(22)10-15(16)19(26)25(12-13-4-1-2-8-24-13)14-5-3-7-23-9-6-14/h1-2,4,8,10-11,14,23H,3,5-7,9,12H2. The number of carbonyl (C=O) groups excluding carboxylic acids is 1. The number of halogens is 3. The Morgan fingerprint density at radius 1 is 1.23 bits per heavy atom. The fourth-order valence-corrected chi connectivity index (χ4v) is 3.65. The lowest BCUT2D eigenvalue weighted by Gasteiger charge is -2.31. The van der Waals surface area contributed by atoms with E-state index in [0.717, 1.165) is 44.1 Å². The molecule has 1 atom stereocenters. The molecule has 1 aliphatic rings. The van der Waals surface area contributed by atoms with Crippen molar-refractivity contribution in [3.63, 3.8) is 0 Å². The van der Waals surface area contributed by atoms with Crippen molar-refractivity contribution in [2.24, 2.45) is 0 Å². The molecular weight excluding hydrogens is 376 g/mol. The number of pyridine rings is 1. The summed E-state index contributed by atoms with van der Waals surface area (Å²) in [5, 5.41) is 3.40. The van der Waals surface area contributed by atoms with Gasteiger partial charge in [-0.25, -0.2) is 4.39 Å². The molecule has 0 bridgehead atoms. The summed E-state index contributed by atoms with van der Waals surface area (Å²) in [4.78, 5) is 19.3. The molecular formula is C19H20Cl2FN3O. The van der Waals surface area contributed by atoms with Gasteiger partial charge in [-0.1, -0.05) is 29.3 Å². The van der Waals surface area contributed by atoms with Crippen molar-refractivity contribution in [3.05, 3.63) is 63.6 Å². The van der Waals surface area contributed by atoms with Gasteiger partial charge < -0.3 is 10.2 Å². The van der Waals surface area contributed by atoms with Gasteiger partial charge in [-0.2, -0.15) is 0 Å². The van der Waals surface area contributed by atoms with Gasteiger partial charge in [0.1, 0.15) is 5.82 Å². The number of nitrogens with one attached hydrogen (secondary N) is 1. The molecule has 0 aliphatic carbocycles. The van der Waals surface area contributed by atoms with E-state index in [4.69, 9.17) is 23.2 Å². The monoisotopic (exact) mass is 395 g/mol. The average Bonchev–Trinajstić information content (AvgIpc) is 2.92. The normalized spacial score (nSPS) is 17.6. The fraction of sp³-hybridized carbons (Fsp3) is 0.368. The van der Waals surface area contributed by atoms with Crippen molar-refractivity contribution in [3.8, 4) is 0 Å². The smallest absolute Gasteiger partial charge is 0.256 e. The highest BCUT2D eigenvalue weighted by Gasteiger charge is 2.28. The molecule has 1 fully saturated rings. The van der Waals surface area contributed by atoms with Crippen molar-refractivity contribution in [2.75, 3.05) is 13.1 Å². The molecule has 1 aliphatic heterocycles. The van der Waals surface area contributed by atoms with Gasteiger partial charge in [0.05, 0.1) is 27.8 Å². The molecule has 1 unspecified atom stereocenters. The molecule has 3 rings (SSSR count). The minimum Gasteiger partial charge on any atom is -0.330 e. The van der Waals surface area contributed by atoms with Gasteiger partial charge >= 0.3 is 0 Å². The number of hydrogen-bond acceptors (Lipinski definition) is 3. The van der Waals surface area contributed by atoms with E-state index in [1.54, 1.807) is 11.1 Å². The van der Waals surface area contributed by atoms with Crippen molar-refractivity contribution >= 4 is 29.1 Å². The third-order valence-electron chi connectivity index (χ3n) is 4.55. The van der Waals surface area contributed by atoms with Crippen LogP contribution in [0.2, 0.25) is 10.0 Å². The SMILES string of the molecule is O=C(c1cc(F)c(Cl)cc1Cl)N(Cc1ccccn1)C1CCCNCC1. The molecule has 26 heavy (non-hydrogen) atoms. The number of hydrogen-bond donors (Lipinski definition) is 1. The summed E-state index contributed by atoms with van der Waals surface area (Å²) in [7, 11) is 0. The minimum absolute atomic E-state index is 0.0364. The highest BCUT2D eigenvalue weighted by Crippen LogP contribution is 2.27. The first kappa shape index (κ1) is 19.1. The maximum Gasteiger partial charge on any atom is 0.256 e. The van der Waals surface area contributed by atoms with Crippen molar-refractivity contribution < 1.29 is 9.18 Å². The highest BCUT2D eigenvalue weighted by atomic mass is 35.5. The molecule has 2 aromatic rings. The van der Waals surface area contributed by atoms with Gasteiger partial charge in [0.25, 0.3) is 5.91 Å². The first-order chi connectivity index (χ1) is 12.6. The number of rotatable bonds is 4. The lowest BCUT2D eigenvalue weighted by molar-refractivity contribution is 0.0642. The third-order valence-corrected chi connectivity index (χ3v) is 5.15. The second kappa shape index (κ2) is 8.80. The Morgan fingerprint density at radius 2 is 2.08 bits per heavy atom. The summed E-state index contributed by atoms with van der Waals surface area (Å²) in [5.74, 6) is -0.956. The number of carbonyl (C=O) groups is 1. The molecule has 0 spiro atoms. The Bertz CT molecular complexity index is 765. The number of aromatic nitrogens is 1. The summed E-state index contributed by atoms with van der Waals surface area (Å²) < 4.78 is 13.9. The van der Waals surface area contributed by atoms with Gasteiger partial charge in [0.2, 0.25) is 0 Å². The second-order valence-corrected chi connectivity index (χ2v) is 7.15. The summed E-state index contributed by atoms with van der Waals surface area (Å²) in [6.45, 7) is 2.11. The highest BCUT2D eigenvalue weighted by molar-refractivity contribution is 6.36. The van der Waals surface area contributed by atoms with E-state index in [1.807, 2.05) is 18.2 Å². The van der Waals surface area contributed by atoms with E-state index in [9.17, 15) is 9.18 Å². The van der Waals surface area contributed by atoms with E-state index >= 15 is 0 Å². The van der Waals surface area contributed by atoms with Crippen LogP contribution in [-0.4, -0.2) is 34.9 Å². The Morgan fingerprint density at radius 3 is 2.85 bits per heavy atom. The van der Waals surface area contributed by atoms with Crippen LogP contribution in [0.25, 0.3) is 0 Å². The summed E-state index contributed by atoms with van der Waals surface area (Å²) >= 11 is 12.0. The van der Waals surface area contributed by atoms with Gasteiger partial charge in [-0.3, -0.25) is 9.78 Å². The van der Waals surface area contributed by atoms with Crippen LogP contribution in [0.3, 0.4) is 0 Å². The summed E-state index contributed by atoms with van der Waals surface area (Å²) in [5.41, 5.74) is 0.908. The van der Waals surface area contributed by atoms with E-state index in [-0.39, 0.29) is 27.6 Å². The van der Waals surface area contributed by atoms with Crippen LogP contribution >= 0.6 is 23.2 Å². The summed E-state index contributed by atoms with van der Waals surface area (Å²) in [6.07, 6.45) is 4.37. The Balaban J connectivity index is 1.93. The first-order valence-corrected chi connectivity index (χ1v) is 9.38. The van der Waals surface area contributed by atoms with E-state index < -0.39 is 5.82 Å². The molecule has 1 aromatic heterocycles. The number of amides is 1. The predicted octanol–water partition coefficient (Wildman–Crippen LogP) is 4.31. The predicted molar refractivity (Wildman–Crippen MR) is 101 cm³/mol. The fourth-order valence-electron chi connectivity index (χ4n) is 3.19. The Hall–Kier alpha value is -1.69. The summed E-state index contributed by atoms with van der Waals surface area (Å²) in [6, 6.07) is 8.02. The lowest BCUT2D eigenvalue weighted by atomic mass is 10.0. The number of nitrogens with zero attached hydrogens (tertiary/aromatic N) is 2. The van der Waals surface area contributed by atoms with Gasteiger partial charge in [0, 0.05) is 12.2 Å². The van der Waals surface area contributed by atoms with E-state index in [1.165, 1.54) is 6.07 Å². The van der Waals surface area contributed by atoms with Crippen LogP contribution in [0.5, 0.6) is 0 Å². The molecule has 1 amide bonds. The van der Waals surface area contributed by atoms with Crippen LogP contribution < -0.4 is 5.32 Å². The maximum atomic E-state index is 13.9. The molecule has 1 aromatic carbocycles. The minimum atomic E-state index is -0.653. The first-order valence-electron chi connectivity index (χ1n) is 8.62. The third kappa shape index (κ3) is 4.53. The average molecular weight is 396 g/mol. The van der Waals surface area contributed by atoms with Crippen LogP contribution in [-0.2, 0) is 6.54 Å². The zero-order valence-electron chi connectivity index (χ0n) is 14.2. The van der Waals surface area contributed by atoms with Gasteiger partial charge in [-0.15, -0.1) is 0 Å². The van der Waals surface area contributed by atoms with Crippen molar-refractivity contribution in [2.45, 2.75) is 31.8 Å². The van der Waals surface area contributed by atoms with Crippen molar-refractivity contribution in [1.29, 1.82) is 0 Å². The lowest BCUT2D eigenvalue weighted by Crippen LogP contribution is -2.40. The molecule has 138 valence electrons.